The van der Waals surface area contributed by atoms with Crippen molar-refractivity contribution in [3.8, 4) is 0 Å². The molecule has 2 aromatic heterocycles. The summed E-state index contributed by atoms with van der Waals surface area (Å²) in [5, 5.41) is 7.37. The number of nitrogens with zero attached hydrogens (tertiary/aromatic N) is 3. The lowest BCUT2D eigenvalue weighted by Crippen LogP contribution is -2.10. The van der Waals surface area contributed by atoms with Gasteiger partial charge in [-0.15, -0.1) is 0 Å². The van der Waals surface area contributed by atoms with Crippen molar-refractivity contribution in [1.82, 2.24) is 14.7 Å². The summed E-state index contributed by atoms with van der Waals surface area (Å²) in [5.74, 6) is -0.117. The van der Waals surface area contributed by atoms with E-state index in [4.69, 9.17) is 4.52 Å². The maximum atomic E-state index is 11.9. The maximum absolute atomic E-state index is 11.9. The number of imidazole rings is 1. The van der Waals surface area contributed by atoms with Crippen molar-refractivity contribution in [2.45, 2.75) is 17.0 Å². The molecule has 0 saturated carbocycles. The van der Waals surface area contributed by atoms with Crippen LogP contribution in [0, 0.1) is 6.92 Å². The molecule has 2 heterocycles. The molecular formula is C15H14N4O2S. The van der Waals surface area contributed by atoms with Gasteiger partial charge in [0, 0.05) is 36.1 Å². The molecular weight excluding hydrogens is 300 g/mol. The number of amides is 1. The number of hydrogen-bond donors (Lipinski definition) is 1. The van der Waals surface area contributed by atoms with Gasteiger partial charge >= 0.3 is 0 Å². The predicted molar refractivity (Wildman–Crippen MR) is 83.0 cm³/mol. The van der Waals surface area contributed by atoms with E-state index in [9.17, 15) is 4.79 Å². The molecule has 112 valence electrons. The molecule has 3 aromatic rings. The highest BCUT2D eigenvalue weighted by molar-refractivity contribution is 7.99. The molecule has 22 heavy (non-hydrogen) atoms. The number of carbonyl (C=O) groups excluding carboxylic acids is 1. The molecule has 3 rings (SSSR count). The molecule has 6 nitrogen and oxygen atoms in total. The van der Waals surface area contributed by atoms with Crippen LogP contribution in [-0.2, 0) is 7.05 Å². The van der Waals surface area contributed by atoms with E-state index in [1.165, 1.54) is 0 Å². The van der Waals surface area contributed by atoms with E-state index < -0.39 is 0 Å². The van der Waals surface area contributed by atoms with Gasteiger partial charge in [-0.3, -0.25) is 4.79 Å². The molecule has 7 heteroatoms. The Bertz CT molecular complexity index is 792. The number of carbonyl (C=O) groups is 1. The van der Waals surface area contributed by atoms with Crippen molar-refractivity contribution in [2.75, 3.05) is 5.32 Å². The summed E-state index contributed by atoms with van der Waals surface area (Å²) < 4.78 is 6.88. The Hall–Kier alpha value is -2.54. The Balaban J connectivity index is 1.66. The molecule has 0 aliphatic carbocycles. The Kier molecular flexibility index (Phi) is 3.97. The van der Waals surface area contributed by atoms with Crippen LogP contribution in [0.5, 0.6) is 0 Å². The number of benzene rings is 1. The van der Waals surface area contributed by atoms with Crippen molar-refractivity contribution >= 4 is 23.4 Å². The smallest absolute Gasteiger partial charge is 0.294 e. The molecule has 0 saturated heterocycles. The average Bonchev–Trinajstić information content (AvgIpc) is 3.10. The summed E-state index contributed by atoms with van der Waals surface area (Å²) in [7, 11) is 1.95. The van der Waals surface area contributed by atoms with Crippen LogP contribution >= 0.6 is 11.8 Å². The van der Waals surface area contributed by atoms with E-state index in [-0.39, 0.29) is 11.7 Å². The topological polar surface area (TPSA) is 73.0 Å². The lowest BCUT2D eigenvalue weighted by molar-refractivity contribution is 0.0988. The number of anilines is 1. The molecule has 0 atom stereocenters. The average molecular weight is 314 g/mol. The van der Waals surface area contributed by atoms with Gasteiger partial charge in [0.1, 0.15) is 0 Å². The molecule has 0 aliphatic rings. The summed E-state index contributed by atoms with van der Waals surface area (Å²) in [6, 6.07) is 9.14. The second kappa shape index (κ2) is 6.07. The minimum atomic E-state index is -0.315. The van der Waals surface area contributed by atoms with Gasteiger partial charge in [-0.2, -0.15) is 0 Å². The van der Waals surface area contributed by atoms with Gasteiger partial charge in [-0.1, -0.05) is 16.9 Å². The molecule has 0 fully saturated rings. The van der Waals surface area contributed by atoms with Crippen LogP contribution in [0.4, 0.5) is 5.69 Å². The number of aromatic nitrogens is 3. The number of hydrogen-bond acceptors (Lipinski definition) is 5. The molecule has 0 aliphatic heterocycles. The minimum absolute atomic E-state index is 0.198. The summed E-state index contributed by atoms with van der Waals surface area (Å²) in [4.78, 5) is 17.3. The van der Waals surface area contributed by atoms with Gasteiger partial charge in [-0.25, -0.2) is 4.98 Å². The van der Waals surface area contributed by atoms with Gasteiger partial charge < -0.3 is 14.4 Å². The molecule has 0 bridgehead atoms. The first kappa shape index (κ1) is 14.4. The zero-order chi connectivity index (χ0) is 15.5. The van der Waals surface area contributed by atoms with Crippen LogP contribution in [0.25, 0.3) is 0 Å². The molecule has 1 aromatic carbocycles. The van der Waals surface area contributed by atoms with Crippen molar-refractivity contribution in [1.29, 1.82) is 0 Å². The van der Waals surface area contributed by atoms with E-state index >= 15 is 0 Å². The molecule has 0 unspecified atom stereocenters. The number of rotatable bonds is 4. The normalized spacial score (nSPS) is 10.6. The van der Waals surface area contributed by atoms with Gasteiger partial charge in [0.05, 0.1) is 5.69 Å². The van der Waals surface area contributed by atoms with Crippen LogP contribution in [0.3, 0.4) is 0 Å². The summed E-state index contributed by atoms with van der Waals surface area (Å²) in [6.07, 6.45) is 3.66. The quantitative estimate of drug-likeness (QED) is 0.801. The Morgan fingerprint density at radius 2 is 2.09 bits per heavy atom. The lowest BCUT2D eigenvalue weighted by Gasteiger charge is -2.05. The second-order valence-electron chi connectivity index (χ2n) is 4.73. The highest BCUT2D eigenvalue weighted by Crippen LogP contribution is 2.26. The van der Waals surface area contributed by atoms with Crippen LogP contribution in [0.1, 0.15) is 16.2 Å². The first-order valence-corrected chi connectivity index (χ1v) is 7.43. The summed E-state index contributed by atoms with van der Waals surface area (Å²) in [6.45, 7) is 1.77. The molecule has 1 amide bonds. The summed E-state index contributed by atoms with van der Waals surface area (Å²) in [5.41, 5.74) is 1.37. The van der Waals surface area contributed by atoms with Crippen molar-refractivity contribution in [3.63, 3.8) is 0 Å². The highest BCUT2D eigenvalue weighted by Gasteiger charge is 2.11. The van der Waals surface area contributed by atoms with Crippen molar-refractivity contribution in [2.24, 2.45) is 7.05 Å². The van der Waals surface area contributed by atoms with E-state index in [1.807, 2.05) is 42.1 Å². The fraction of sp³-hybridized carbons (Fsp3) is 0.133. The van der Waals surface area contributed by atoms with Crippen LogP contribution in [-0.4, -0.2) is 20.6 Å². The highest BCUT2D eigenvalue weighted by atomic mass is 32.2. The van der Waals surface area contributed by atoms with Crippen LogP contribution in [0.2, 0.25) is 0 Å². The third-order valence-electron chi connectivity index (χ3n) is 2.95. The molecule has 0 radical (unpaired) electrons. The van der Waals surface area contributed by atoms with Crippen molar-refractivity contribution < 1.29 is 9.32 Å². The van der Waals surface area contributed by atoms with Gasteiger partial charge in [0.2, 0.25) is 5.76 Å². The van der Waals surface area contributed by atoms with Gasteiger partial charge in [0.25, 0.3) is 5.91 Å². The van der Waals surface area contributed by atoms with E-state index in [1.54, 1.807) is 30.9 Å². The fourth-order valence-corrected chi connectivity index (χ4v) is 2.63. The number of nitrogens with one attached hydrogen (secondary N) is 1. The van der Waals surface area contributed by atoms with E-state index in [2.05, 4.69) is 15.5 Å². The first-order chi connectivity index (χ1) is 10.6. The minimum Gasteiger partial charge on any atom is -0.351 e. The zero-order valence-electron chi connectivity index (χ0n) is 12.1. The van der Waals surface area contributed by atoms with Gasteiger partial charge in [0.15, 0.2) is 5.16 Å². The van der Waals surface area contributed by atoms with Crippen molar-refractivity contribution in [3.05, 3.63) is 54.2 Å². The van der Waals surface area contributed by atoms with Crippen LogP contribution < -0.4 is 5.32 Å². The Labute approximate surface area is 131 Å². The predicted octanol–water partition coefficient (Wildman–Crippen LogP) is 3.12. The van der Waals surface area contributed by atoms with E-state index in [0.29, 0.717) is 11.4 Å². The monoisotopic (exact) mass is 314 g/mol. The Morgan fingerprint density at radius 3 is 2.68 bits per heavy atom. The zero-order valence-corrected chi connectivity index (χ0v) is 12.9. The SMILES string of the molecule is Cc1cc(C(=O)Nc2ccc(Sc3nccn3C)cc2)on1. The van der Waals surface area contributed by atoms with E-state index in [0.717, 1.165) is 10.1 Å². The maximum Gasteiger partial charge on any atom is 0.294 e. The van der Waals surface area contributed by atoms with Crippen LogP contribution in [0.15, 0.2) is 57.3 Å². The largest absolute Gasteiger partial charge is 0.351 e. The Morgan fingerprint density at radius 1 is 1.32 bits per heavy atom. The third-order valence-corrected chi connectivity index (χ3v) is 4.03. The standard InChI is InChI=1S/C15H14N4O2S/c1-10-9-13(21-18-10)14(20)17-11-3-5-12(6-4-11)22-15-16-7-8-19(15)2/h3-9H,1-2H3,(H,17,20). The molecule has 1 N–H and O–H groups in total. The fourth-order valence-electron chi connectivity index (χ4n) is 1.83. The van der Waals surface area contributed by atoms with Gasteiger partial charge in [-0.05, 0) is 31.2 Å². The molecule has 0 spiro atoms. The first-order valence-electron chi connectivity index (χ1n) is 6.62. The third kappa shape index (κ3) is 3.20. The lowest BCUT2D eigenvalue weighted by atomic mass is 10.3. The second-order valence-corrected chi connectivity index (χ2v) is 5.77. The summed E-state index contributed by atoms with van der Waals surface area (Å²) >= 11 is 1.56. The number of aryl methyl sites for hydroxylation is 2.